The number of nitrogens with zero attached hydrogens (tertiary/aromatic N) is 3. The number of aromatic nitrogens is 3. The Morgan fingerprint density at radius 1 is 1.56 bits per heavy atom. The monoisotopic (exact) mass is 246 g/mol. The van der Waals surface area contributed by atoms with Gasteiger partial charge in [-0.3, -0.25) is 4.79 Å². The number of anilines is 1. The van der Waals surface area contributed by atoms with Crippen molar-refractivity contribution in [2.75, 3.05) is 25.1 Å². The van der Waals surface area contributed by atoms with Gasteiger partial charge in [0.1, 0.15) is 17.8 Å². The van der Waals surface area contributed by atoms with E-state index in [0.29, 0.717) is 6.54 Å². The second-order valence-corrected chi connectivity index (χ2v) is 4.39. The van der Waals surface area contributed by atoms with Crippen LogP contribution in [0.4, 0.5) is 5.82 Å². The van der Waals surface area contributed by atoms with Crippen LogP contribution in [0.25, 0.3) is 11.0 Å². The molecular weight excluding hydrogens is 232 g/mol. The summed E-state index contributed by atoms with van der Waals surface area (Å²) in [5, 5.41) is 0.989. The Bertz CT molecular complexity index is 580. The minimum absolute atomic E-state index is 0.0565. The molecule has 18 heavy (non-hydrogen) atoms. The summed E-state index contributed by atoms with van der Waals surface area (Å²) in [6, 6.07) is 1.95. The van der Waals surface area contributed by atoms with Gasteiger partial charge in [0.15, 0.2) is 0 Å². The number of ether oxygens (including phenoxy) is 1. The Morgan fingerprint density at radius 2 is 2.44 bits per heavy atom. The van der Waals surface area contributed by atoms with E-state index in [4.69, 9.17) is 4.74 Å². The van der Waals surface area contributed by atoms with Crippen molar-refractivity contribution in [2.24, 2.45) is 5.92 Å². The van der Waals surface area contributed by atoms with Gasteiger partial charge in [0.05, 0.1) is 18.4 Å². The average molecular weight is 246 g/mol. The summed E-state index contributed by atoms with van der Waals surface area (Å²) in [5.41, 5.74) is 0.821. The third-order valence-corrected chi connectivity index (χ3v) is 3.36. The van der Waals surface area contributed by atoms with Gasteiger partial charge in [-0.05, 0) is 12.5 Å². The lowest BCUT2D eigenvalue weighted by atomic mass is 10.1. The van der Waals surface area contributed by atoms with E-state index in [-0.39, 0.29) is 11.9 Å². The first kappa shape index (κ1) is 11.0. The van der Waals surface area contributed by atoms with E-state index in [9.17, 15) is 4.79 Å². The minimum Gasteiger partial charge on any atom is -0.469 e. The number of H-pyrrole nitrogens is 1. The van der Waals surface area contributed by atoms with Crippen molar-refractivity contribution in [2.45, 2.75) is 6.42 Å². The Kier molecular flexibility index (Phi) is 2.62. The number of nitrogens with one attached hydrogen (secondary N) is 1. The zero-order chi connectivity index (χ0) is 12.5. The van der Waals surface area contributed by atoms with E-state index >= 15 is 0 Å². The maximum Gasteiger partial charge on any atom is 0.310 e. The minimum atomic E-state index is -0.142. The highest BCUT2D eigenvalue weighted by molar-refractivity contribution is 5.87. The molecule has 6 nitrogen and oxygen atoms in total. The van der Waals surface area contributed by atoms with Crippen LogP contribution in [0.5, 0.6) is 0 Å². The normalized spacial score (nSPS) is 19.4. The predicted molar refractivity (Wildman–Crippen MR) is 66.2 cm³/mol. The quantitative estimate of drug-likeness (QED) is 0.799. The van der Waals surface area contributed by atoms with Gasteiger partial charge in [0, 0.05) is 19.3 Å². The molecule has 6 heteroatoms. The van der Waals surface area contributed by atoms with Crippen LogP contribution in [-0.2, 0) is 9.53 Å². The fourth-order valence-electron chi connectivity index (χ4n) is 2.42. The van der Waals surface area contributed by atoms with Crippen LogP contribution in [0.3, 0.4) is 0 Å². The topological polar surface area (TPSA) is 71.1 Å². The number of aromatic amines is 1. The molecule has 2 aromatic rings. The third kappa shape index (κ3) is 1.70. The van der Waals surface area contributed by atoms with E-state index in [0.717, 1.165) is 29.8 Å². The first-order valence-electron chi connectivity index (χ1n) is 5.90. The van der Waals surface area contributed by atoms with Crippen molar-refractivity contribution >= 4 is 22.8 Å². The zero-order valence-electron chi connectivity index (χ0n) is 10.1. The standard InChI is InChI=1S/C12H14N4O2/c1-18-12(17)8-3-5-16(6-8)11-9-2-4-13-10(9)14-7-15-11/h2,4,7-8H,3,5-6H2,1H3,(H,13,14,15)/t8-/m1/s1. The number of carbonyl (C=O) groups is 1. The summed E-state index contributed by atoms with van der Waals surface area (Å²) < 4.78 is 4.79. The van der Waals surface area contributed by atoms with Crippen molar-refractivity contribution in [3.63, 3.8) is 0 Å². The number of methoxy groups -OCH3 is 1. The number of esters is 1. The van der Waals surface area contributed by atoms with Crippen molar-refractivity contribution < 1.29 is 9.53 Å². The largest absolute Gasteiger partial charge is 0.469 e. The molecule has 0 spiro atoms. The summed E-state index contributed by atoms with van der Waals surface area (Å²) in [4.78, 5) is 25.2. The SMILES string of the molecule is COC(=O)[C@@H]1CCN(c2ncnc3[nH]ccc23)C1. The second kappa shape index (κ2) is 4.29. The highest BCUT2D eigenvalue weighted by atomic mass is 16.5. The number of carbonyl (C=O) groups excluding carboxylic acids is 1. The van der Waals surface area contributed by atoms with Crippen LogP contribution in [0.1, 0.15) is 6.42 Å². The van der Waals surface area contributed by atoms with Gasteiger partial charge >= 0.3 is 5.97 Å². The van der Waals surface area contributed by atoms with Crippen LogP contribution in [0.15, 0.2) is 18.6 Å². The molecule has 0 radical (unpaired) electrons. The van der Waals surface area contributed by atoms with Gasteiger partial charge in [-0.2, -0.15) is 0 Å². The molecule has 1 saturated heterocycles. The molecule has 2 aromatic heterocycles. The van der Waals surface area contributed by atoms with Gasteiger partial charge in [-0.25, -0.2) is 9.97 Å². The molecule has 1 N–H and O–H groups in total. The molecule has 1 atom stereocenters. The average Bonchev–Trinajstić information content (AvgIpc) is 3.05. The van der Waals surface area contributed by atoms with E-state index in [1.807, 2.05) is 12.3 Å². The lowest BCUT2D eigenvalue weighted by molar-refractivity contribution is -0.144. The Hall–Kier alpha value is -2.11. The van der Waals surface area contributed by atoms with Crippen molar-refractivity contribution in [1.82, 2.24) is 15.0 Å². The molecule has 1 aliphatic rings. The van der Waals surface area contributed by atoms with E-state index in [1.165, 1.54) is 7.11 Å². The molecule has 1 fully saturated rings. The van der Waals surface area contributed by atoms with Crippen LogP contribution >= 0.6 is 0 Å². The molecule has 94 valence electrons. The number of rotatable bonds is 2. The fourth-order valence-corrected chi connectivity index (χ4v) is 2.42. The number of hydrogen-bond donors (Lipinski definition) is 1. The lowest BCUT2D eigenvalue weighted by Crippen LogP contribution is -2.24. The molecule has 1 aliphatic heterocycles. The van der Waals surface area contributed by atoms with E-state index < -0.39 is 0 Å². The summed E-state index contributed by atoms with van der Waals surface area (Å²) in [5.74, 6) is 0.684. The van der Waals surface area contributed by atoms with E-state index in [2.05, 4.69) is 19.9 Å². The van der Waals surface area contributed by atoms with Crippen molar-refractivity contribution in [3.05, 3.63) is 18.6 Å². The van der Waals surface area contributed by atoms with E-state index in [1.54, 1.807) is 6.33 Å². The number of hydrogen-bond acceptors (Lipinski definition) is 5. The fraction of sp³-hybridized carbons (Fsp3) is 0.417. The summed E-state index contributed by atoms with van der Waals surface area (Å²) in [7, 11) is 1.43. The molecule has 0 unspecified atom stereocenters. The molecule has 0 aromatic carbocycles. The van der Waals surface area contributed by atoms with Crippen LogP contribution in [-0.4, -0.2) is 41.1 Å². The summed E-state index contributed by atoms with van der Waals surface area (Å²) in [6.45, 7) is 1.47. The Morgan fingerprint density at radius 3 is 3.28 bits per heavy atom. The molecule has 3 heterocycles. The maximum atomic E-state index is 11.5. The first-order valence-corrected chi connectivity index (χ1v) is 5.90. The molecule has 0 aliphatic carbocycles. The lowest BCUT2D eigenvalue weighted by Gasteiger charge is -2.17. The molecule has 0 saturated carbocycles. The van der Waals surface area contributed by atoms with Gasteiger partial charge in [0.25, 0.3) is 0 Å². The molecule has 0 bridgehead atoms. The highest BCUT2D eigenvalue weighted by Gasteiger charge is 2.30. The van der Waals surface area contributed by atoms with Gasteiger partial charge in [-0.15, -0.1) is 0 Å². The highest BCUT2D eigenvalue weighted by Crippen LogP contribution is 2.27. The third-order valence-electron chi connectivity index (χ3n) is 3.36. The smallest absolute Gasteiger partial charge is 0.310 e. The van der Waals surface area contributed by atoms with Crippen molar-refractivity contribution in [3.8, 4) is 0 Å². The predicted octanol–water partition coefficient (Wildman–Crippen LogP) is 0.957. The van der Waals surface area contributed by atoms with Crippen molar-refractivity contribution in [1.29, 1.82) is 0 Å². The van der Waals surface area contributed by atoms with Crippen LogP contribution in [0.2, 0.25) is 0 Å². The Balaban J connectivity index is 1.88. The molecule has 0 amide bonds. The number of fused-ring (bicyclic) bond motifs is 1. The summed E-state index contributed by atoms with van der Waals surface area (Å²) >= 11 is 0. The summed E-state index contributed by atoms with van der Waals surface area (Å²) in [6.07, 6.45) is 4.19. The van der Waals surface area contributed by atoms with Crippen LogP contribution < -0.4 is 4.90 Å². The first-order chi connectivity index (χ1) is 8.79. The second-order valence-electron chi connectivity index (χ2n) is 4.39. The maximum absolute atomic E-state index is 11.5. The van der Waals surface area contributed by atoms with Gasteiger partial charge < -0.3 is 14.6 Å². The Labute approximate surface area is 104 Å². The van der Waals surface area contributed by atoms with Gasteiger partial charge in [0.2, 0.25) is 0 Å². The molecule has 3 rings (SSSR count). The van der Waals surface area contributed by atoms with Gasteiger partial charge in [-0.1, -0.05) is 0 Å². The molecular formula is C12H14N4O2. The zero-order valence-corrected chi connectivity index (χ0v) is 10.1. The van der Waals surface area contributed by atoms with Crippen LogP contribution in [0, 0.1) is 5.92 Å².